The van der Waals surface area contributed by atoms with Crippen LogP contribution in [0.4, 0.5) is 5.69 Å². The molecule has 1 aromatic rings. The second-order valence-electron chi connectivity index (χ2n) is 5.42. The number of amides is 2. The van der Waals surface area contributed by atoms with Crippen LogP contribution < -0.4 is 10.6 Å². The third-order valence-corrected chi connectivity index (χ3v) is 4.47. The van der Waals surface area contributed by atoms with E-state index in [0.717, 1.165) is 25.7 Å². The van der Waals surface area contributed by atoms with Gasteiger partial charge < -0.3 is 5.73 Å². The van der Waals surface area contributed by atoms with E-state index < -0.39 is 0 Å². The minimum atomic E-state index is -0.135. The highest BCUT2D eigenvalue weighted by Crippen LogP contribution is 2.40. The molecule has 1 aliphatic carbocycles. The molecular formula is C15H16N2O2S. The minimum absolute atomic E-state index is 0.0696. The maximum absolute atomic E-state index is 12.5. The summed E-state index contributed by atoms with van der Waals surface area (Å²) in [5, 5.41) is 0. The van der Waals surface area contributed by atoms with E-state index in [1.54, 1.807) is 24.3 Å². The number of nitrogens with two attached hydrogens (primary N) is 1. The van der Waals surface area contributed by atoms with Crippen molar-refractivity contribution in [2.24, 2.45) is 17.6 Å². The lowest BCUT2D eigenvalue weighted by Gasteiger charge is -2.19. The van der Waals surface area contributed by atoms with Gasteiger partial charge in [0, 0.05) is 5.56 Å². The minimum Gasteiger partial charge on any atom is -0.389 e. The number of fused-ring (bicyclic) bond motifs is 1. The molecule has 3 rings (SSSR count). The average Bonchev–Trinajstić information content (AvgIpc) is 2.72. The second kappa shape index (κ2) is 4.98. The van der Waals surface area contributed by atoms with Gasteiger partial charge in [-0.25, -0.2) is 0 Å². The molecule has 2 fully saturated rings. The van der Waals surface area contributed by atoms with Gasteiger partial charge in [-0.15, -0.1) is 0 Å². The summed E-state index contributed by atoms with van der Waals surface area (Å²) in [5.41, 5.74) is 6.87. The fourth-order valence-corrected chi connectivity index (χ4v) is 3.34. The predicted octanol–water partition coefficient (Wildman–Crippen LogP) is 2.00. The number of anilines is 1. The summed E-state index contributed by atoms with van der Waals surface area (Å²) in [6.07, 6.45) is 3.70. The maximum Gasteiger partial charge on any atom is 0.237 e. The molecule has 1 aliphatic heterocycles. The fourth-order valence-electron chi connectivity index (χ4n) is 3.22. The van der Waals surface area contributed by atoms with E-state index >= 15 is 0 Å². The number of carbonyl (C=O) groups is 2. The molecule has 5 heteroatoms. The highest BCUT2D eigenvalue weighted by molar-refractivity contribution is 7.80. The fraction of sp³-hybridized carbons (Fsp3) is 0.400. The first-order chi connectivity index (χ1) is 9.59. The van der Waals surface area contributed by atoms with Crippen LogP contribution >= 0.6 is 12.2 Å². The van der Waals surface area contributed by atoms with E-state index in [2.05, 4.69) is 0 Å². The number of rotatable bonds is 2. The average molecular weight is 288 g/mol. The number of benzene rings is 1. The summed E-state index contributed by atoms with van der Waals surface area (Å²) in [5.74, 6) is -0.408. The Bertz CT molecular complexity index is 575. The number of thiocarbonyl (C=S) groups is 1. The van der Waals surface area contributed by atoms with Crippen molar-refractivity contribution in [1.82, 2.24) is 0 Å². The van der Waals surface area contributed by atoms with Crippen molar-refractivity contribution in [2.75, 3.05) is 4.90 Å². The highest BCUT2D eigenvalue weighted by atomic mass is 32.1. The Morgan fingerprint density at radius 3 is 2.30 bits per heavy atom. The van der Waals surface area contributed by atoms with E-state index in [1.165, 1.54) is 4.90 Å². The SMILES string of the molecule is NC(=S)c1cccc(N2C(=O)C3CCCCC3C2=O)c1. The molecule has 2 atom stereocenters. The number of hydrogen-bond acceptors (Lipinski definition) is 3. The Balaban J connectivity index is 1.97. The molecule has 1 aromatic carbocycles. The van der Waals surface area contributed by atoms with Gasteiger partial charge in [-0.2, -0.15) is 0 Å². The van der Waals surface area contributed by atoms with Crippen molar-refractivity contribution in [3.63, 3.8) is 0 Å². The van der Waals surface area contributed by atoms with Crippen molar-refractivity contribution < 1.29 is 9.59 Å². The molecule has 0 radical (unpaired) electrons. The zero-order valence-corrected chi connectivity index (χ0v) is 11.9. The molecule has 2 N–H and O–H groups in total. The van der Waals surface area contributed by atoms with E-state index in [9.17, 15) is 9.59 Å². The van der Waals surface area contributed by atoms with Crippen LogP contribution in [-0.2, 0) is 9.59 Å². The van der Waals surface area contributed by atoms with Gasteiger partial charge in [-0.3, -0.25) is 14.5 Å². The predicted molar refractivity (Wildman–Crippen MR) is 80.3 cm³/mol. The molecule has 0 aromatic heterocycles. The summed E-state index contributed by atoms with van der Waals surface area (Å²) in [6, 6.07) is 7.03. The standard InChI is InChI=1S/C15H16N2O2S/c16-13(20)9-4-3-5-10(8-9)17-14(18)11-6-1-2-7-12(11)15(17)19/h3-5,8,11-12H,1-2,6-7H2,(H2,16,20). The number of carbonyl (C=O) groups excluding carboxylic acids is 2. The zero-order valence-electron chi connectivity index (χ0n) is 11.0. The second-order valence-corrected chi connectivity index (χ2v) is 5.86. The Morgan fingerprint density at radius 2 is 1.75 bits per heavy atom. The third kappa shape index (κ3) is 2.02. The van der Waals surface area contributed by atoms with Gasteiger partial charge in [0.05, 0.1) is 17.5 Å². The monoisotopic (exact) mass is 288 g/mol. The Labute approximate surface area is 122 Å². The maximum atomic E-state index is 12.5. The van der Waals surface area contributed by atoms with Crippen molar-refractivity contribution in [2.45, 2.75) is 25.7 Å². The van der Waals surface area contributed by atoms with Crippen LogP contribution in [0.3, 0.4) is 0 Å². The molecule has 20 heavy (non-hydrogen) atoms. The lowest BCUT2D eigenvalue weighted by molar-refractivity contribution is -0.122. The first kappa shape index (κ1) is 13.2. The zero-order chi connectivity index (χ0) is 14.3. The molecule has 2 unspecified atom stereocenters. The van der Waals surface area contributed by atoms with E-state index in [0.29, 0.717) is 11.3 Å². The summed E-state index contributed by atoms with van der Waals surface area (Å²) >= 11 is 4.95. The van der Waals surface area contributed by atoms with E-state index in [1.807, 2.05) is 0 Å². The van der Waals surface area contributed by atoms with Gasteiger partial charge in [-0.1, -0.05) is 37.2 Å². The first-order valence-electron chi connectivity index (χ1n) is 6.87. The largest absolute Gasteiger partial charge is 0.389 e. The van der Waals surface area contributed by atoms with Crippen LogP contribution in [0.5, 0.6) is 0 Å². The van der Waals surface area contributed by atoms with Crippen LogP contribution in [0.15, 0.2) is 24.3 Å². The summed E-state index contributed by atoms with van der Waals surface area (Å²) in [4.78, 5) is 26.5. The Morgan fingerprint density at radius 1 is 1.15 bits per heavy atom. The van der Waals surface area contributed by atoms with Crippen LogP contribution in [0.1, 0.15) is 31.2 Å². The quantitative estimate of drug-likeness (QED) is 0.668. The number of imide groups is 1. The Hall–Kier alpha value is -1.75. The summed E-state index contributed by atoms with van der Waals surface area (Å²) in [7, 11) is 0. The van der Waals surface area contributed by atoms with Gasteiger partial charge in [-0.05, 0) is 25.0 Å². The summed E-state index contributed by atoms with van der Waals surface area (Å²) < 4.78 is 0. The number of nitrogens with zero attached hydrogens (tertiary/aromatic N) is 1. The van der Waals surface area contributed by atoms with Crippen LogP contribution in [0, 0.1) is 11.8 Å². The molecule has 4 nitrogen and oxygen atoms in total. The van der Waals surface area contributed by atoms with Gasteiger partial charge in [0.15, 0.2) is 0 Å². The molecule has 2 amide bonds. The topological polar surface area (TPSA) is 63.4 Å². The van der Waals surface area contributed by atoms with Gasteiger partial charge in [0.1, 0.15) is 4.99 Å². The molecular weight excluding hydrogens is 272 g/mol. The summed E-state index contributed by atoms with van der Waals surface area (Å²) in [6.45, 7) is 0. The van der Waals surface area contributed by atoms with Gasteiger partial charge in [0.2, 0.25) is 11.8 Å². The van der Waals surface area contributed by atoms with Crippen molar-refractivity contribution in [3.05, 3.63) is 29.8 Å². The Kier molecular flexibility index (Phi) is 3.30. The lowest BCUT2D eigenvalue weighted by atomic mass is 9.81. The van der Waals surface area contributed by atoms with Crippen molar-refractivity contribution in [1.29, 1.82) is 0 Å². The van der Waals surface area contributed by atoms with Crippen LogP contribution in [-0.4, -0.2) is 16.8 Å². The van der Waals surface area contributed by atoms with Gasteiger partial charge >= 0.3 is 0 Å². The van der Waals surface area contributed by atoms with E-state index in [4.69, 9.17) is 18.0 Å². The van der Waals surface area contributed by atoms with E-state index in [-0.39, 0.29) is 28.6 Å². The van der Waals surface area contributed by atoms with Crippen LogP contribution in [0.25, 0.3) is 0 Å². The molecule has 0 spiro atoms. The number of hydrogen-bond donors (Lipinski definition) is 1. The molecule has 2 aliphatic rings. The normalized spacial score (nSPS) is 25.7. The third-order valence-electron chi connectivity index (χ3n) is 4.23. The molecule has 0 bridgehead atoms. The van der Waals surface area contributed by atoms with Crippen molar-refractivity contribution >= 4 is 34.7 Å². The lowest BCUT2D eigenvalue weighted by Crippen LogP contribution is -2.31. The molecule has 1 saturated carbocycles. The molecule has 104 valence electrons. The van der Waals surface area contributed by atoms with Crippen LogP contribution in [0.2, 0.25) is 0 Å². The molecule has 1 saturated heterocycles. The first-order valence-corrected chi connectivity index (χ1v) is 7.28. The van der Waals surface area contributed by atoms with Gasteiger partial charge in [0.25, 0.3) is 0 Å². The van der Waals surface area contributed by atoms with Crippen molar-refractivity contribution in [3.8, 4) is 0 Å². The highest BCUT2D eigenvalue weighted by Gasteiger charge is 2.48. The molecule has 1 heterocycles. The smallest absolute Gasteiger partial charge is 0.237 e.